The third-order valence-electron chi connectivity index (χ3n) is 3.76. The van der Waals surface area contributed by atoms with Crippen molar-refractivity contribution in [2.75, 3.05) is 5.75 Å². The van der Waals surface area contributed by atoms with Crippen molar-refractivity contribution in [3.63, 3.8) is 0 Å². The highest BCUT2D eigenvalue weighted by atomic mass is 32.2. The Morgan fingerprint density at radius 2 is 1.70 bits per heavy atom. The van der Waals surface area contributed by atoms with E-state index < -0.39 is 9.84 Å². The van der Waals surface area contributed by atoms with Crippen molar-refractivity contribution in [3.05, 3.63) is 65.2 Å². The van der Waals surface area contributed by atoms with Gasteiger partial charge in [0.1, 0.15) is 0 Å². The van der Waals surface area contributed by atoms with E-state index >= 15 is 0 Å². The fourth-order valence-electron chi connectivity index (χ4n) is 2.23. The number of rotatable bonds is 6. The number of sulfone groups is 1. The highest BCUT2D eigenvalue weighted by Crippen LogP contribution is 2.12. The summed E-state index contributed by atoms with van der Waals surface area (Å²) in [5, 5.41) is 2.86. The van der Waals surface area contributed by atoms with Crippen molar-refractivity contribution in [1.82, 2.24) is 5.32 Å². The van der Waals surface area contributed by atoms with E-state index in [4.69, 9.17) is 0 Å². The number of carbonyl (C=O) groups is 1. The van der Waals surface area contributed by atoms with Crippen molar-refractivity contribution in [3.8, 4) is 0 Å². The summed E-state index contributed by atoms with van der Waals surface area (Å²) in [5.41, 5.74) is 2.98. The summed E-state index contributed by atoms with van der Waals surface area (Å²) in [6.45, 7) is 3.99. The first-order chi connectivity index (χ1) is 10.9. The summed E-state index contributed by atoms with van der Waals surface area (Å²) in [4.78, 5) is 12.3. The maximum Gasteiger partial charge on any atom is 0.224 e. The highest BCUT2D eigenvalue weighted by molar-refractivity contribution is 7.91. The van der Waals surface area contributed by atoms with Gasteiger partial charge in [-0.2, -0.15) is 0 Å². The van der Waals surface area contributed by atoms with Crippen LogP contribution >= 0.6 is 0 Å². The second kappa shape index (κ2) is 7.42. The molecule has 0 aliphatic carbocycles. The van der Waals surface area contributed by atoms with Crippen LogP contribution in [0, 0.1) is 6.92 Å². The maximum atomic E-state index is 12.0. The number of carbonyl (C=O) groups excluding carboxylic acids is 1. The minimum atomic E-state index is -3.18. The van der Waals surface area contributed by atoms with E-state index in [2.05, 4.69) is 5.32 Å². The lowest BCUT2D eigenvalue weighted by molar-refractivity contribution is -0.120. The van der Waals surface area contributed by atoms with Gasteiger partial charge in [-0.1, -0.05) is 43.3 Å². The highest BCUT2D eigenvalue weighted by Gasteiger charge is 2.11. The second-order valence-electron chi connectivity index (χ2n) is 5.43. The molecule has 0 radical (unpaired) electrons. The van der Waals surface area contributed by atoms with Crippen LogP contribution in [0.15, 0.2) is 53.4 Å². The normalized spacial score (nSPS) is 11.2. The molecule has 0 saturated heterocycles. The molecule has 0 aliphatic rings. The Bertz CT molecular complexity index is 780. The molecule has 23 heavy (non-hydrogen) atoms. The zero-order valence-electron chi connectivity index (χ0n) is 13.4. The number of nitrogens with one attached hydrogen (secondary N) is 1. The predicted octanol–water partition coefficient (Wildman–Crippen LogP) is 2.65. The number of aryl methyl sites for hydroxylation is 1. The lowest BCUT2D eigenvalue weighted by Crippen LogP contribution is -2.24. The van der Waals surface area contributed by atoms with Gasteiger partial charge in [-0.05, 0) is 35.7 Å². The molecule has 0 spiro atoms. The monoisotopic (exact) mass is 331 g/mol. The molecule has 5 heteroatoms. The molecule has 2 aromatic rings. The van der Waals surface area contributed by atoms with Gasteiger partial charge < -0.3 is 5.32 Å². The van der Waals surface area contributed by atoms with Gasteiger partial charge in [0.25, 0.3) is 0 Å². The third-order valence-corrected chi connectivity index (χ3v) is 5.51. The van der Waals surface area contributed by atoms with E-state index in [-0.39, 0.29) is 11.7 Å². The molecular formula is C18H21NO3S. The van der Waals surface area contributed by atoms with Gasteiger partial charge in [-0.3, -0.25) is 4.79 Å². The maximum absolute atomic E-state index is 12.0. The van der Waals surface area contributed by atoms with E-state index in [1.807, 2.05) is 31.2 Å². The van der Waals surface area contributed by atoms with Crippen molar-refractivity contribution in [1.29, 1.82) is 0 Å². The Kier molecular flexibility index (Phi) is 5.55. The largest absolute Gasteiger partial charge is 0.352 e. The van der Waals surface area contributed by atoms with Crippen LogP contribution < -0.4 is 5.32 Å². The van der Waals surface area contributed by atoms with Crippen LogP contribution in [0.1, 0.15) is 23.6 Å². The zero-order chi connectivity index (χ0) is 16.9. The van der Waals surface area contributed by atoms with E-state index in [9.17, 15) is 13.2 Å². The molecule has 0 bridgehead atoms. The number of amides is 1. The molecule has 4 nitrogen and oxygen atoms in total. The average molecular weight is 331 g/mol. The van der Waals surface area contributed by atoms with Gasteiger partial charge in [-0.15, -0.1) is 0 Å². The summed E-state index contributed by atoms with van der Waals surface area (Å²) in [5.74, 6) is 0.0315. The van der Waals surface area contributed by atoms with Crippen molar-refractivity contribution < 1.29 is 13.2 Å². The summed E-state index contributed by atoms with van der Waals surface area (Å²) >= 11 is 0. The molecule has 0 aromatic heterocycles. The first kappa shape index (κ1) is 17.2. The van der Waals surface area contributed by atoms with Crippen molar-refractivity contribution >= 4 is 15.7 Å². The summed E-state index contributed by atoms with van der Waals surface area (Å²) < 4.78 is 23.5. The predicted molar refractivity (Wildman–Crippen MR) is 90.9 cm³/mol. The van der Waals surface area contributed by atoms with Gasteiger partial charge in [-0.25, -0.2) is 8.42 Å². The second-order valence-corrected chi connectivity index (χ2v) is 7.71. The Morgan fingerprint density at radius 3 is 2.30 bits per heavy atom. The standard InChI is InChI=1S/C18H21NO3S/c1-3-23(21,22)17-10-8-15(9-11-17)13-19-18(20)12-16-7-5-4-6-14(16)2/h4-11H,3,12-13H2,1-2H3,(H,19,20). The minimum Gasteiger partial charge on any atom is -0.352 e. The Hall–Kier alpha value is -2.14. The molecule has 0 heterocycles. The zero-order valence-corrected chi connectivity index (χ0v) is 14.2. The molecule has 122 valence electrons. The molecule has 1 N–H and O–H groups in total. The van der Waals surface area contributed by atoms with Gasteiger partial charge in [0, 0.05) is 6.54 Å². The van der Waals surface area contributed by atoms with Crippen LogP contribution in [0.4, 0.5) is 0 Å². The van der Waals surface area contributed by atoms with E-state index in [0.717, 1.165) is 16.7 Å². The lowest BCUT2D eigenvalue weighted by Gasteiger charge is -2.08. The Labute approximate surface area is 137 Å². The molecule has 2 aromatic carbocycles. The van der Waals surface area contributed by atoms with E-state index in [1.165, 1.54) is 0 Å². The molecule has 0 saturated carbocycles. The molecule has 0 aliphatic heterocycles. The fraction of sp³-hybridized carbons (Fsp3) is 0.278. The van der Waals surface area contributed by atoms with Crippen molar-refractivity contribution in [2.24, 2.45) is 0 Å². The lowest BCUT2D eigenvalue weighted by atomic mass is 10.1. The first-order valence-electron chi connectivity index (χ1n) is 7.55. The molecule has 2 rings (SSSR count). The summed E-state index contributed by atoms with van der Waals surface area (Å²) in [6, 6.07) is 14.4. The molecule has 1 amide bonds. The fourth-order valence-corrected chi connectivity index (χ4v) is 3.11. The molecular weight excluding hydrogens is 310 g/mol. The smallest absolute Gasteiger partial charge is 0.224 e. The number of hydrogen-bond donors (Lipinski definition) is 1. The topological polar surface area (TPSA) is 63.2 Å². The molecule has 0 fully saturated rings. The number of benzene rings is 2. The van der Waals surface area contributed by atoms with Gasteiger partial charge >= 0.3 is 0 Å². The summed E-state index contributed by atoms with van der Waals surface area (Å²) in [6.07, 6.45) is 0.342. The van der Waals surface area contributed by atoms with Crippen LogP contribution in [-0.4, -0.2) is 20.1 Å². The van der Waals surface area contributed by atoms with Crippen molar-refractivity contribution in [2.45, 2.75) is 31.7 Å². The Balaban J connectivity index is 1.93. The van der Waals surface area contributed by atoms with Gasteiger partial charge in [0.05, 0.1) is 17.1 Å². The van der Waals surface area contributed by atoms with Crippen LogP contribution in [0.2, 0.25) is 0 Å². The third kappa shape index (κ3) is 4.66. The van der Waals surface area contributed by atoms with Crippen LogP contribution in [0.3, 0.4) is 0 Å². The molecule has 0 unspecified atom stereocenters. The van der Waals surface area contributed by atoms with Gasteiger partial charge in [0.2, 0.25) is 5.91 Å². The van der Waals surface area contributed by atoms with Crippen LogP contribution in [0.5, 0.6) is 0 Å². The number of hydrogen-bond acceptors (Lipinski definition) is 3. The Morgan fingerprint density at radius 1 is 1.04 bits per heavy atom. The first-order valence-corrected chi connectivity index (χ1v) is 9.20. The average Bonchev–Trinajstić information content (AvgIpc) is 2.55. The summed E-state index contributed by atoms with van der Waals surface area (Å²) in [7, 11) is -3.18. The SMILES string of the molecule is CCS(=O)(=O)c1ccc(CNC(=O)Cc2ccccc2C)cc1. The van der Waals surface area contributed by atoms with E-state index in [1.54, 1.807) is 31.2 Å². The quantitative estimate of drug-likeness (QED) is 0.885. The van der Waals surface area contributed by atoms with Gasteiger partial charge in [0.15, 0.2) is 9.84 Å². The van der Waals surface area contributed by atoms with E-state index in [0.29, 0.717) is 17.9 Å². The molecule has 0 atom stereocenters. The van der Waals surface area contributed by atoms with Crippen LogP contribution in [-0.2, 0) is 27.6 Å². The van der Waals surface area contributed by atoms with Crippen LogP contribution in [0.25, 0.3) is 0 Å². The minimum absolute atomic E-state index is 0.0513.